The molecule has 2 aromatic carbocycles. The number of anilines is 1. The molecular weight excluding hydrogens is 394 g/mol. The van der Waals surface area contributed by atoms with Crippen LogP contribution in [-0.4, -0.2) is 24.4 Å². The Morgan fingerprint density at radius 2 is 1.77 bits per heavy atom. The van der Waals surface area contributed by atoms with Gasteiger partial charge >= 0.3 is 0 Å². The average Bonchev–Trinajstić information content (AvgIpc) is 3.02. The Hall–Kier alpha value is -3.25. The summed E-state index contributed by atoms with van der Waals surface area (Å²) in [5, 5.41) is 0. The van der Waals surface area contributed by atoms with Gasteiger partial charge in [-0.15, -0.1) is 0 Å². The lowest BCUT2D eigenvalue weighted by Crippen LogP contribution is -2.39. The van der Waals surface area contributed by atoms with Gasteiger partial charge in [0, 0.05) is 31.1 Å². The lowest BCUT2D eigenvalue weighted by molar-refractivity contribution is -0.114. The predicted octanol–water partition coefficient (Wildman–Crippen LogP) is 2.89. The molecule has 0 amide bonds. The topological polar surface area (TPSA) is 54.7 Å². The summed E-state index contributed by atoms with van der Waals surface area (Å²) in [5.74, 6) is -0.0707. The molecule has 1 aromatic heterocycles. The monoisotopic (exact) mass is 417 g/mol. The zero-order chi connectivity index (χ0) is 21.4. The van der Waals surface area contributed by atoms with Crippen molar-refractivity contribution in [1.82, 2.24) is 4.57 Å². The van der Waals surface area contributed by atoms with E-state index in [1.54, 1.807) is 4.57 Å². The highest BCUT2D eigenvalue weighted by molar-refractivity contribution is 7.07. The highest BCUT2D eigenvalue weighted by atomic mass is 32.1. The quantitative estimate of drug-likeness (QED) is 0.656. The van der Waals surface area contributed by atoms with Crippen molar-refractivity contribution in [2.45, 2.75) is 19.9 Å². The first-order valence-corrected chi connectivity index (χ1v) is 10.5. The van der Waals surface area contributed by atoms with Crippen molar-refractivity contribution >= 4 is 28.9 Å². The summed E-state index contributed by atoms with van der Waals surface area (Å²) in [6, 6.07) is 17.2. The second-order valence-electron chi connectivity index (χ2n) is 7.53. The number of allylic oxidation sites excluding steroid dienone is 2. The van der Waals surface area contributed by atoms with E-state index in [0.29, 0.717) is 20.6 Å². The van der Waals surface area contributed by atoms with Gasteiger partial charge in [-0.3, -0.25) is 14.2 Å². The van der Waals surface area contributed by atoms with Crippen LogP contribution in [0.4, 0.5) is 5.69 Å². The summed E-state index contributed by atoms with van der Waals surface area (Å²) >= 11 is 1.36. The predicted molar refractivity (Wildman–Crippen MR) is 122 cm³/mol. The number of Topliss-reactive ketones (excluding diaryl/α,β-unsaturated/α-hetero) is 1. The van der Waals surface area contributed by atoms with Crippen LogP contribution >= 0.6 is 11.3 Å². The molecule has 0 aliphatic carbocycles. The van der Waals surface area contributed by atoms with E-state index in [2.05, 4.69) is 4.99 Å². The van der Waals surface area contributed by atoms with Gasteiger partial charge in [-0.05, 0) is 43.2 Å². The molecule has 0 fully saturated rings. The maximum absolute atomic E-state index is 13.4. The average molecular weight is 418 g/mol. The molecule has 30 heavy (non-hydrogen) atoms. The van der Waals surface area contributed by atoms with Gasteiger partial charge in [0.25, 0.3) is 5.56 Å². The van der Waals surface area contributed by atoms with Crippen LogP contribution in [0.5, 0.6) is 0 Å². The van der Waals surface area contributed by atoms with Crippen LogP contribution in [-0.2, 0) is 4.79 Å². The van der Waals surface area contributed by atoms with Gasteiger partial charge in [-0.1, -0.05) is 53.8 Å². The number of hydrogen-bond donors (Lipinski definition) is 0. The zero-order valence-corrected chi connectivity index (χ0v) is 18.2. The van der Waals surface area contributed by atoms with E-state index in [9.17, 15) is 9.59 Å². The van der Waals surface area contributed by atoms with Gasteiger partial charge in [0.2, 0.25) is 0 Å². The Balaban J connectivity index is 1.91. The van der Waals surface area contributed by atoms with Crippen LogP contribution in [0.2, 0.25) is 0 Å². The van der Waals surface area contributed by atoms with Crippen molar-refractivity contribution in [2.75, 3.05) is 19.0 Å². The number of carbonyl (C=O) groups is 1. The molecule has 1 aliphatic rings. The minimum absolute atomic E-state index is 0.0707. The van der Waals surface area contributed by atoms with Gasteiger partial charge in [0.05, 0.1) is 10.6 Å². The van der Waals surface area contributed by atoms with Crippen LogP contribution in [0.1, 0.15) is 31.0 Å². The van der Waals surface area contributed by atoms with E-state index < -0.39 is 6.04 Å². The lowest BCUT2D eigenvalue weighted by atomic mass is 9.93. The minimum atomic E-state index is -0.460. The van der Waals surface area contributed by atoms with Gasteiger partial charge < -0.3 is 4.90 Å². The number of fused-ring (bicyclic) bond motifs is 1. The summed E-state index contributed by atoms with van der Waals surface area (Å²) < 4.78 is 2.26. The molecule has 0 radical (unpaired) electrons. The van der Waals surface area contributed by atoms with E-state index in [4.69, 9.17) is 0 Å². The molecule has 4 rings (SSSR count). The van der Waals surface area contributed by atoms with Crippen LogP contribution in [0, 0.1) is 0 Å². The Bertz CT molecular complexity index is 1310. The van der Waals surface area contributed by atoms with E-state index in [1.807, 2.05) is 86.6 Å². The van der Waals surface area contributed by atoms with Crippen LogP contribution in [0.3, 0.4) is 0 Å². The van der Waals surface area contributed by atoms with Gasteiger partial charge in [-0.2, -0.15) is 0 Å². The number of ketones is 1. The molecule has 6 heteroatoms. The normalized spacial score (nSPS) is 16.3. The Kier molecular flexibility index (Phi) is 5.26. The van der Waals surface area contributed by atoms with Crippen LogP contribution in [0.25, 0.3) is 6.08 Å². The SMILES string of the molecule is CC(=O)C1=C(C)N=c2s/c(=C/c3ccc(N(C)C)cc3)c(=O)n2[C@@H]1c1ccccc1. The third kappa shape index (κ3) is 3.55. The Labute approximate surface area is 178 Å². The highest BCUT2D eigenvalue weighted by Crippen LogP contribution is 2.29. The smallest absolute Gasteiger partial charge is 0.271 e. The minimum Gasteiger partial charge on any atom is -0.378 e. The molecule has 1 aliphatic heterocycles. The maximum Gasteiger partial charge on any atom is 0.271 e. The standard InChI is InChI=1S/C24H23N3O2S/c1-15-21(16(2)28)22(18-8-6-5-7-9-18)27-23(29)20(30-24(27)25-15)14-17-10-12-19(13-11-17)26(3)4/h5-14,22H,1-4H3/b20-14+/t22-/m1/s1. The first-order chi connectivity index (χ1) is 14.4. The summed E-state index contributed by atoms with van der Waals surface area (Å²) in [4.78, 5) is 33.1. The fourth-order valence-electron chi connectivity index (χ4n) is 3.74. The lowest BCUT2D eigenvalue weighted by Gasteiger charge is -2.24. The molecule has 5 nitrogen and oxygen atoms in total. The second kappa shape index (κ2) is 7.88. The largest absolute Gasteiger partial charge is 0.378 e. The second-order valence-corrected chi connectivity index (χ2v) is 8.54. The summed E-state index contributed by atoms with van der Waals surface area (Å²) in [6.07, 6.45) is 1.89. The van der Waals surface area contributed by atoms with Crippen LogP contribution < -0.4 is 19.8 Å². The fourth-order valence-corrected chi connectivity index (χ4v) is 4.79. The van der Waals surface area contributed by atoms with Crippen molar-refractivity contribution in [3.63, 3.8) is 0 Å². The van der Waals surface area contributed by atoms with Crippen molar-refractivity contribution < 1.29 is 4.79 Å². The molecule has 0 saturated carbocycles. The molecular formula is C24H23N3O2S. The number of benzene rings is 2. The third-order valence-electron chi connectivity index (χ3n) is 5.22. The van der Waals surface area contributed by atoms with Gasteiger partial charge in [0.15, 0.2) is 10.6 Å². The van der Waals surface area contributed by atoms with E-state index in [-0.39, 0.29) is 11.3 Å². The summed E-state index contributed by atoms with van der Waals surface area (Å²) in [7, 11) is 3.98. The molecule has 1 atom stereocenters. The first-order valence-electron chi connectivity index (χ1n) is 9.72. The molecule has 152 valence electrons. The van der Waals surface area contributed by atoms with E-state index >= 15 is 0 Å². The number of thiazole rings is 1. The number of carbonyl (C=O) groups excluding carboxylic acids is 1. The van der Waals surface area contributed by atoms with Crippen molar-refractivity contribution in [3.05, 3.63) is 96.7 Å². The molecule has 3 aromatic rings. The molecule has 0 bridgehead atoms. The summed E-state index contributed by atoms with van der Waals surface area (Å²) in [5.41, 5.74) is 4.05. The summed E-state index contributed by atoms with van der Waals surface area (Å²) in [6.45, 7) is 3.37. The van der Waals surface area contributed by atoms with Crippen LogP contribution in [0.15, 0.2) is 75.7 Å². The molecule has 0 N–H and O–H groups in total. The van der Waals surface area contributed by atoms with Gasteiger partial charge in [0.1, 0.15) is 0 Å². The first kappa shape index (κ1) is 20.0. The van der Waals surface area contributed by atoms with E-state index in [0.717, 1.165) is 16.8 Å². The Morgan fingerprint density at radius 1 is 1.10 bits per heavy atom. The van der Waals surface area contributed by atoms with E-state index in [1.165, 1.54) is 18.3 Å². The number of hydrogen-bond acceptors (Lipinski definition) is 5. The molecule has 2 heterocycles. The third-order valence-corrected chi connectivity index (χ3v) is 6.21. The maximum atomic E-state index is 13.4. The zero-order valence-electron chi connectivity index (χ0n) is 17.4. The van der Waals surface area contributed by atoms with Crippen molar-refractivity contribution in [3.8, 4) is 0 Å². The molecule has 0 saturated heterocycles. The number of aromatic nitrogens is 1. The highest BCUT2D eigenvalue weighted by Gasteiger charge is 2.30. The fraction of sp³-hybridized carbons (Fsp3) is 0.208. The van der Waals surface area contributed by atoms with Crippen molar-refractivity contribution in [1.29, 1.82) is 0 Å². The molecule has 0 spiro atoms. The molecule has 0 unspecified atom stereocenters. The van der Waals surface area contributed by atoms with Gasteiger partial charge in [-0.25, -0.2) is 4.99 Å². The number of nitrogens with zero attached hydrogens (tertiary/aromatic N) is 3. The number of rotatable bonds is 4. The van der Waals surface area contributed by atoms with Crippen molar-refractivity contribution in [2.24, 2.45) is 4.99 Å². The Morgan fingerprint density at radius 3 is 2.37 bits per heavy atom.